The number of nitrogens with one attached hydrogen (secondary N) is 1. The highest BCUT2D eigenvalue weighted by Gasteiger charge is 2.05. The highest BCUT2D eigenvalue weighted by atomic mass is 79.9. The van der Waals surface area contributed by atoms with Crippen LogP contribution in [-0.2, 0) is 6.54 Å². The van der Waals surface area contributed by atoms with Crippen LogP contribution in [0, 0.1) is 13.8 Å². The minimum Gasteiger partial charge on any atom is -0.439 e. The fourth-order valence-corrected chi connectivity index (χ4v) is 2.32. The van der Waals surface area contributed by atoms with E-state index in [0.717, 1.165) is 28.0 Å². The van der Waals surface area contributed by atoms with Crippen molar-refractivity contribution in [2.75, 3.05) is 7.05 Å². The Hall–Kier alpha value is -1.39. The highest BCUT2D eigenvalue weighted by Crippen LogP contribution is 2.26. The van der Waals surface area contributed by atoms with Crippen molar-refractivity contribution in [3.8, 4) is 11.6 Å². The molecule has 19 heavy (non-hydrogen) atoms. The first-order chi connectivity index (χ1) is 9.10. The summed E-state index contributed by atoms with van der Waals surface area (Å²) in [5, 5.41) is 3.12. The molecule has 3 nitrogen and oxygen atoms in total. The number of rotatable bonds is 4. The largest absolute Gasteiger partial charge is 0.439 e. The number of hydrogen-bond donors (Lipinski definition) is 1. The SMILES string of the molecule is CNCc1ccc(Oc2ccc(Br)cc2C)nc1C. The summed E-state index contributed by atoms with van der Waals surface area (Å²) in [5.74, 6) is 1.46. The zero-order chi connectivity index (χ0) is 13.8. The minimum atomic E-state index is 0.628. The second kappa shape index (κ2) is 6.17. The zero-order valence-electron chi connectivity index (χ0n) is 11.3. The van der Waals surface area contributed by atoms with Crippen LogP contribution in [0.15, 0.2) is 34.8 Å². The van der Waals surface area contributed by atoms with E-state index >= 15 is 0 Å². The van der Waals surface area contributed by atoms with Gasteiger partial charge in [-0.25, -0.2) is 4.98 Å². The summed E-state index contributed by atoms with van der Waals surface area (Å²) in [7, 11) is 1.93. The molecular formula is C15H17BrN2O. The van der Waals surface area contributed by atoms with Crippen LogP contribution in [0.25, 0.3) is 0 Å². The molecule has 0 saturated carbocycles. The standard InChI is InChI=1S/C15H17BrN2O/c1-10-8-13(16)5-6-14(10)19-15-7-4-12(9-17-3)11(2)18-15/h4-8,17H,9H2,1-3H3. The zero-order valence-corrected chi connectivity index (χ0v) is 12.9. The quantitative estimate of drug-likeness (QED) is 0.925. The molecule has 0 radical (unpaired) electrons. The van der Waals surface area contributed by atoms with Crippen molar-refractivity contribution in [3.05, 3.63) is 51.6 Å². The van der Waals surface area contributed by atoms with Gasteiger partial charge in [0.25, 0.3) is 0 Å². The maximum Gasteiger partial charge on any atom is 0.219 e. The molecule has 0 unspecified atom stereocenters. The van der Waals surface area contributed by atoms with Crippen molar-refractivity contribution < 1.29 is 4.74 Å². The summed E-state index contributed by atoms with van der Waals surface area (Å²) in [4.78, 5) is 4.48. The van der Waals surface area contributed by atoms with Crippen LogP contribution < -0.4 is 10.1 Å². The Kier molecular flexibility index (Phi) is 4.56. The normalized spacial score (nSPS) is 10.5. The summed E-state index contributed by atoms with van der Waals surface area (Å²) in [6.07, 6.45) is 0. The third-order valence-corrected chi connectivity index (χ3v) is 3.38. The lowest BCUT2D eigenvalue weighted by molar-refractivity contribution is 0.457. The van der Waals surface area contributed by atoms with Crippen molar-refractivity contribution in [2.24, 2.45) is 0 Å². The molecular weight excluding hydrogens is 304 g/mol. The molecule has 4 heteroatoms. The monoisotopic (exact) mass is 320 g/mol. The second-order valence-corrected chi connectivity index (χ2v) is 5.35. The van der Waals surface area contributed by atoms with Gasteiger partial charge in [0.2, 0.25) is 5.88 Å². The Morgan fingerprint density at radius 2 is 2.00 bits per heavy atom. The van der Waals surface area contributed by atoms with E-state index in [2.05, 4.69) is 26.2 Å². The van der Waals surface area contributed by atoms with Crippen LogP contribution in [-0.4, -0.2) is 12.0 Å². The first kappa shape index (κ1) is 14.0. The molecule has 0 atom stereocenters. The number of nitrogens with zero attached hydrogens (tertiary/aromatic N) is 1. The molecule has 0 aliphatic heterocycles. The van der Waals surface area contributed by atoms with Crippen LogP contribution in [0.4, 0.5) is 0 Å². The van der Waals surface area contributed by atoms with Crippen molar-refractivity contribution in [2.45, 2.75) is 20.4 Å². The highest BCUT2D eigenvalue weighted by molar-refractivity contribution is 9.10. The number of benzene rings is 1. The van der Waals surface area contributed by atoms with E-state index in [1.807, 2.05) is 51.2 Å². The maximum absolute atomic E-state index is 5.83. The number of halogens is 1. The van der Waals surface area contributed by atoms with Crippen LogP contribution in [0.3, 0.4) is 0 Å². The lowest BCUT2D eigenvalue weighted by Gasteiger charge is -2.10. The van der Waals surface area contributed by atoms with Crippen molar-refractivity contribution in [3.63, 3.8) is 0 Å². The van der Waals surface area contributed by atoms with Gasteiger partial charge in [0, 0.05) is 22.8 Å². The fraction of sp³-hybridized carbons (Fsp3) is 0.267. The molecule has 0 bridgehead atoms. The Bertz CT molecular complexity index is 584. The molecule has 0 spiro atoms. The number of aromatic nitrogens is 1. The van der Waals surface area contributed by atoms with Crippen LogP contribution >= 0.6 is 15.9 Å². The minimum absolute atomic E-state index is 0.628. The third-order valence-electron chi connectivity index (χ3n) is 2.89. The van der Waals surface area contributed by atoms with E-state index in [4.69, 9.17) is 4.74 Å². The van der Waals surface area contributed by atoms with E-state index in [9.17, 15) is 0 Å². The summed E-state index contributed by atoms with van der Waals surface area (Å²) in [6.45, 7) is 4.83. The van der Waals surface area contributed by atoms with Gasteiger partial charge < -0.3 is 10.1 Å². The first-order valence-corrected chi connectivity index (χ1v) is 6.94. The van der Waals surface area contributed by atoms with Crippen LogP contribution in [0.1, 0.15) is 16.8 Å². The molecule has 1 heterocycles. The van der Waals surface area contributed by atoms with E-state index in [-0.39, 0.29) is 0 Å². The van der Waals surface area contributed by atoms with Crippen LogP contribution in [0.2, 0.25) is 0 Å². The van der Waals surface area contributed by atoms with Gasteiger partial charge in [-0.05, 0) is 50.2 Å². The second-order valence-electron chi connectivity index (χ2n) is 4.44. The Balaban J connectivity index is 2.21. The molecule has 1 aromatic carbocycles. The molecule has 100 valence electrons. The molecule has 2 aromatic rings. The summed E-state index contributed by atoms with van der Waals surface area (Å²) in [6, 6.07) is 9.88. The Morgan fingerprint density at radius 3 is 2.63 bits per heavy atom. The van der Waals surface area contributed by atoms with Gasteiger partial charge in [0.15, 0.2) is 0 Å². The van der Waals surface area contributed by atoms with E-state index in [1.165, 1.54) is 5.56 Å². The predicted molar refractivity (Wildman–Crippen MR) is 80.7 cm³/mol. The van der Waals surface area contributed by atoms with Crippen molar-refractivity contribution in [1.29, 1.82) is 0 Å². The molecule has 0 fully saturated rings. The lowest BCUT2D eigenvalue weighted by Crippen LogP contribution is -2.07. The molecule has 0 aliphatic carbocycles. The average Bonchev–Trinajstić information content (AvgIpc) is 2.36. The van der Waals surface area contributed by atoms with E-state index < -0.39 is 0 Å². The molecule has 1 aromatic heterocycles. The van der Waals surface area contributed by atoms with E-state index in [1.54, 1.807) is 0 Å². The van der Waals surface area contributed by atoms with Gasteiger partial charge in [0.1, 0.15) is 5.75 Å². The number of pyridine rings is 1. The first-order valence-electron chi connectivity index (χ1n) is 6.15. The third kappa shape index (κ3) is 3.55. The Labute approximate surface area is 122 Å². The van der Waals surface area contributed by atoms with E-state index in [0.29, 0.717) is 5.88 Å². The van der Waals surface area contributed by atoms with Gasteiger partial charge in [-0.2, -0.15) is 0 Å². The number of aryl methyl sites for hydroxylation is 2. The molecule has 0 amide bonds. The van der Waals surface area contributed by atoms with Crippen molar-refractivity contribution >= 4 is 15.9 Å². The fourth-order valence-electron chi connectivity index (χ4n) is 1.84. The molecule has 0 aliphatic rings. The number of ether oxygens (including phenoxy) is 1. The number of hydrogen-bond acceptors (Lipinski definition) is 3. The molecule has 0 saturated heterocycles. The van der Waals surface area contributed by atoms with Gasteiger partial charge in [0.05, 0.1) is 0 Å². The van der Waals surface area contributed by atoms with Gasteiger partial charge in [-0.15, -0.1) is 0 Å². The summed E-state index contributed by atoms with van der Waals surface area (Å²) < 4.78 is 6.87. The van der Waals surface area contributed by atoms with Gasteiger partial charge in [-0.3, -0.25) is 0 Å². The predicted octanol–water partition coefficient (Wildman–Crippen LogP) is 3.97. The molecule has 2 rings (SSSR count). The summed E-state index contributed by atoms with van der Waals surface area (Å²) in [5.41, 5.74) is 3.25. The average molecular weight is 321 g/mol. The lowest BCUT2D eigenvalue weighted by atomic mass is 10.2. The smallest absolute Gasteiger partial charge is 0.219 e. The van der Waals surface area contributed by atoms with Gasteiger partial charge in [-0.1, -0.05) is 22.0 Å². The van der Waals surface area contributed by atoms with Gasteiger partial charge >= 0.3 is 0 Å². The van der Waals surface area contributed by atoms with Crippen molar-refractivity contribution in [1.82, 2.24) is 10.3 Å². The Morgan fingerprint density at radius 1 is 1.21 bits per heavy atom. The topological polar surface area (TPSA) is 34.1 Å². The maximum atomic E-state index is 5.83. The summed E-state index contributed by atoms with van der Waals surface area (Å²) >= 11 is 3.44. The van der Waals surface area contributed by atoms with Crippen LogP contribution in [0.5, 0.6) is 11.6 Å². The molecule has 1 N–H and O–H groups in total.